The number of para-hydroxylation sites is 2. The van der Waals surface area contributed by atoms with Gasteiger partial charge in [0.05, 0.1) is 12.6 Å². The lowest BCUT2D eigenvalue weighted by molar-refractivity contribution is -0.126. The molecule has 1 amide bonds. The van der Waals surface area contributed by atoms with Crippen LogP contribution in [0.5, 0.6) is 11.5 Å². The number of amides is 1. The summed E-state index contributed by atoms with van der Waals surface area (Å²) in [4.78, 5) is 14.5. The number of hydrogen-bond acceptors (Lipinski definition) is 4. The Balaban J connectivity index is 1.47. The quantitative estimate of drug-likeness (QED) is 0.922. The molecule has 1 aromatic carbocycles. The molecular weight excluding hydrogens is 280 g/mol. The average Bonchev–Trinajstić information content (AvgIpc) is 2.59. The van der Waals surface area contributed by atoms with Crippen LogP contribution in [-0.4, -0.2) is 49.2 Å². The number of nitrogens with one attached hydrogen (secondary N) is 1. The van der Waals surface area contributed by atoms with E-state index in [1.807, 2.05) is 31.2 Å². The summed E-state index contributed by atoms with van der Waals surface area (Å²) in [7, 11) is 0. The first-order valence-corrected chi connectivity index (χ1v) is 8.14. The number of fused-ring (bicyclic) bond motifs is 1. The molecule has 0 unspecified atom stereocenters. The highest BCUT2D eigenvalue weighted by Gasteiger charge is 2.25. The highest BCUT2D eigenvalue weighted by molar-refractivity contribution is 5.81. The van der Waals surface area contributed by atoms with Crippen LogP contribution < -0.4 is 14.8 Å². The second-order valence-electron chi connectivity index (χ2n) is 6.02. The van der Waals surface area contributed by atoms with E-state index in [9.17, 15) is 4.79 Å². The molecule has 1 aromatic rings. The predicted octanol–water partition coefficient (Wildman–Crippen LogP) is 1.82. The standard InChI is InChI=1S/C17H24N2O3/c1-13(19-9-5-2-6-10-19)17(20)18-11-14-12-21-15-7-3-4-8-16(15)22-14/h3-4,7-8,13-14H,2,5-6,9-12H2,1H3,(H,18,20)/t13-,14-/m1/s1. The number of rotatable bonds is 4. The molecule has 2 aliphatic heterocycles. The Labute approximate surface area is 131 Å². The number of piperidine rings is 1. The molecule has 5 heteroatoms. The molecule has 1 fully saturated rings. The van der Waals surface area contributed by atoms with Crippen molar-refractivity contribution in [1.29, 1.82) is 0 Å². The van der Waals surface area contributed by atoms with Gasteiger partial charge in [0, 0.05) is 0 Å². The third kappa shape index (κ3) is 3.53. The van der Waals surface area contributed by atoms with E-state index in [1.165, 1.54) is 19.3 Å². The van der Waals surface area contributed by atoms with E-state index >= 15 is 0 Å². The molecule has 5 nitrogen and oxygen atoms in total. The van der Waals surface area contributed by atoms with E-state index in [4.69, 9.17) is 9.47 Å². The molecule has 2 atom stereocenters. The van der Waals surface area contributed by atoms with Gasteiger partial charge in [0.1, 0.15) is 12.7 Å². The Morgan fingerprint density at radius 3 is 2.77 bits per heavy atom. The maximum atomic E-state index is 12.3. The normalized spacial score (nSPS) is 22.9. The van der Waals surface area contributed by atoms with Gasteiger partial charge >= 0.3 is 0 Å². The fourth-order valence-corrected chi connectivity index (χ4v) is 3.00. The topological polar surface area (TPSA) is 50.8 Å². The van der Waals surface area contributed by atoms with Crippen LogP contribution >= 0.6 is 0 Å². The van der Waals surface area contributed by atoms with Crippen LogP contribution in [0.2, 0.25) is 0 Å². The number of hydrogen-bond donors (Lipinski definition) is 1. The number of carbonyl (C=O) groups excluding carboxylic acids is 1. The SMILES string of the molecule is C[C@H](C(=O)NC[C@@H]1COc2ccccc2O1)N1CCCCC1. The zero-order chi connectivity index (χ0) is 15.4. The van der Waals surface area contributed by atoms with Crippen LogP contribution in [-0.2, 0) is 4.79 Å². The third-order valence-electron chi connectivity index (χ3n) is 4.39. The van der Waals surface area contributed by atoms with Gasteiger partial charge in [0.25, 0.3) is 0 Å². The molecule has 1 saturated heterocycles. The van der Waals surface area contributed by atoms with Gasteiger partial charge in [-0.3, -0.25) is 9.69 Å². The fourth-order valence-electron chi connectivity index (χ4n) is 3.00. The maximum absolute atomic E-state index is 12.3. The molecule has 0 spiro atoms. The Morgan fingerprint density at radius 1 is 1.27 bits per heavy atom. The van der Waals surface area contributed by atoms with Crippen molar-refractivity contribution >= 4 is 5.91 Å². The van der Waals surface area contributed by atoms with Gasteiger partial charge in [-0.1, -0.05) is 18.6 Å². The van der Waals surface area contributed by atoms with Crippen molar-refractivity contribution in [3.63, 3.8) is 0 Å². The highest BCUT2D eigenvalue weighted by Crippen LogP contribution is 2.30. The number of carbonyl (C=O) groups is 1. The summed E-state index contributed by atoms with van der Waals surface area (Å²) in [6, 6.07) is 7.55. The third-order valence-corrected chi connectivity index (χ3v) is 4.39. The molecule has 1 N–H and O–H groups in total. The van der Waals surface area contributed by atoms with Gasteiger partial charge in [-0.2, -0.15) is 0 Å². The van der Waals surface area contributed by atoms with Crippen molar-refractivity contribution < 1.29 is 14.3 Å². The average molecular weight is 304 g/mol. The molecule has 0 aromatic heterocycles. The molecule has 0 radical (unpaired) electrons. The molecule has 22 heavy (non-hydrogen) atoms. The van der Waals surface area contributed by atoms with Crippen molar-refractivity contribution in [2.24, 2.45) is 0 Å². The maximum Gasteiger partial charge on any atom is 0.237 e. The Morgan fingerprint density at radius 2 is 2.00 bits per heavy atom. The lowest BCUT2D eigenvalue weighted by atomic mass is 10.1. The van der Waals surface area contributed by atoms with Crippen molar-refractivity contribution in [3.8, 4) is 11.5 Å². The minimum atomic E-state index is -0.132. The summed E-state index contributed by atoms with van der Waals surface area (Å²) in [6.07, 6.45) is 3.52. The monoisotopic (exact) mass is 304 g/mol. The molecule has 0 bridgehead atoms. The smallest absolute Gasteiger partial charge is 0.237 e. The molecule has 3 rings (SSSR count). The second kappa shape index (κ2) is 7.01. The van der Waals surface area contributed by atoms with Crippen molar-refractivity contribution in [1.82, 2.24) is 10.2 Å². The van der Waals surface area contributed by atoms with E-state index in [-0.39, 0.29) is 18.1 Å². The summed E-state index contributed by atoms with van der Waals surface area (Å²) >= 11 is 0. The number of benzene rings is 1. The summed E-state index contributed by atoms with van der Waals surface area (Å²) < 4.78 is 11.5. The largest absolute Gasteiger partial charge is 0.486 e. The van der Waals surface area contributed by atoms with Crippen LogP contribution in [0.15, 0.2) is 24.3 Å². The van der Waals surface area contributed by atoms with Gasteiger partial charge in [-0.25, -0.2) is 0 Å². The number of ether oxygens (including phenoxy) is 2. The van der Waals surface area contributed by atoms with Crippen molar-refractivity contribution in [3.05, 3.63) is 24.3 Å². The summed E-state index contributed by atoms with van der Waals surface area (Å²) in [5, 5.41) is 2.99. The summed E-state index contributed by atoms with van der Waals surface area (Å²) in [5.74, 6) is 1.59. The lowest BCUT2D eigenvalue weighted by Gasteiger charge is -2.32. The second-order valence-corrected chi connectivity index (χ2v) is 6.02. The lowest BCUT2D eigenvalue weighted by Crippen LogP contribution is -2.50. The Bertz CT molecular complexity index is 514. The van der Waals surface area contributed by atoms with Crippen LogP contribution in [0, 0.1) is 0 Å². The molecule has 2 heterocycles. The first kappa shape index (κ1) is 15.2. The van der Waals surface area contributed by atoms with Crippen molar-refractivity contribution in [2.45, 2.75) is 38.3 Å². The molecule has 0 aliphatic carbocycles. The van der Waals surface area contributed by atoms with E-state index < -0.39 is 0 Å². The van der Waals surface area contributed by atoms with Crippen LogP contribution in [0.25, 0.3) is 0 Å². The Hall–Kier alpha value is -1.75. The summed E-state index contributed by atoms with van der Waals surface area (Å²) in [6.45, 7) is 4.96. The zero-order valence-corrected chi connectivity index (χ0v) is 13.1. The fraction of sp³-hybridized carbons (Fsp3) is 0.588. The number of nitrogens with zero attached hydrogens (tertiary/aromatic N) is 1. The van der Waals surface area contributed by atoms with E-state index in [0.29, 0.717) is 13.2 Å². The van der Waals surface area contributed by atoms with E-state index in [0.717, 1.165) is 24.6 Å². The van der Waals surface area contributed by atoms with Crippen molar-refractivity contribution in [2.75, 3.05) is 26.2 Å². The minimum Gasteiger partial charge on any atom is -0.486 e. The molecule has 2 aliphatic rings. The molecular formula is C17H24N2O3. The predicted molar refractivity (Wildman–Crippen MR) is 84.2 cm³/mol. The Kier molecular flexibility index (Phi) is 4.83. The number of likely N-dealkylation sites (tertiary alicyclic amines) is 1. The highest BCUT2D eigenvalue weighted by atomic mass is 16.6. The summed E-state index contributed by atoms with van der Waals surface area (Å²) in [5.41, 5.74) is 0. The van der Waals surface area contributed by atoms with Gasteiger partial charge in [-0.15, -0.1) is 0 Å². The van der Waals surface area contributed by atoms with Crippen LogP contribution in [0.1, 0.15) is 26.2 Å². The van der Waals surface area contributed by atoms with Gasteiger partial charge in [0.2, 0.25) is 5.91 Å². The van der Waals surface area contributed by atoms with Crippen LogP contribution in [0.4, 0.5) is 0 Å². The van der Waals surface area contributed by atoms with E-state index in [1.54, 1.807) is 0 Å². The minimum absolute atomic E-state index is 0.0721. The molecule has 0 saturated carbocycles. The van der Waals surface area contributed by atoms with E-state index in [2.05, 4.69) is 10.2 Å². The first-order chi connectivity index (χ1) is 10.7. The molecule has 120 valence electrons. The first-order valence-electron chi connectivity index (χ1n) is 8.14. The van der Waals surface area contributed by atoms with Gasteiger partial charge < -0.3 is 14.8 Å². The van der Waals surface area contributed by atoms with Gasteiger partial charge in [-0.05, 0) is 45.0 Å². The van der Waals surface area contributed by atoms with Gasteiger partial charge in [0.15, 0.2) is 11.5 Å². The zero-order valence-electron chi connectivity index (χ0n) is 13.1. The van der Waals surface area contributed by atoms with Crippen LogP contribution in [0.3, 0.4) is 0 Å².